The van der Waals surface area contributed by atoms with E-state index in [4.69, 9.17) is 10.5 Å². The Balaban J connectivity index is 1.35. The molecule has 0 spiro atoms. The summed E-state index contributed by atoms with van der Waals surface area (Å²) < 4.78 is 32.2. The van der Waals surface area contributed by atoms with Crippen molar-refractivity contribution in [3.63, 3.8) is 0 Å². The fraction of sp³-hybridized carbons (Fsp3) is 0.478. The summed E-state index contributed by atoms with van der Waals surface area (Å²) in [6, 6.07) is 2.68. The molecule has 3 aliphatic rings. The fourth-order valence-corrected chi connectivity index (χ4v) is 3.99. The van der Waals surface area contributed by atoms with E-state index in [1.54, 1.807) is 0 Å². The lowest BCUT2D eigenvalue weighted by molar-refractivity contribution is 0.138. The van der Waals surface area contributed by atoms with E-state index in [-0.39, 0.29) is 12.0 Å². The molecular weight excluding hydrogens is 374 g/mol. The third-order valence-corrected chi connectivity index (χ3v) is 5.96. The molecule has 4 nitrogen and oxygen atoms in total. The predicted octanol–water partition coefficient (Wildman–Crippen LogP) is 2.53. The summed E-state index contributed by atoms with van der Waals surface area (Å²) in [7, 11) is 0. The molecule has 3 unspecified atom stereocenters. The van der Waals surface area contributed by atoms with Gasteiger partial charge in [-0.2, -0.15) is 0 Å². The van der Waals surface area contributed by atoms with Crippen LogP contribution in [0.15, 0.2) is 53.0 Å². The highest BCUT2D eigenvalue weighted by Crippen LogP contribution is 2.44. The van der Waals surface area contributed by atoms with Crippen LogP contribution in [0.1, 0.15) is 24.8 Å². The summed E-state index contributed by atoms with van der Waals surface area (Å²) in [5, 5.41) is 13.9. The van der Waals surface area contributed by atoms with Gasteiger partial charge in [0, 0.05) is 36.8 Å². The molecule has 1 saturated carbocycles. The number of β-amino-alcohol motifs (C(OH)–C–C–N with tert-alkyl or cyclic N) is 1. The number of rotatable bonds is 8. The molecule has 6 heteroatoms. The fourth-order valence-electron chi connectivity index (χ4n) is 3.99. The molecule has 1 aromatic rings. The smallest absolute Gasteiger partial charge is 0.126 e. The normalized spacial score (nSPS) is 24.2. The van der Waals surface area contributed by atoms with Crippen molar-refractivity contribution in [2.75, 3.05) is 19.8 Å². The van der Waals surface area contributed by atoms with Gasteiger partial charge in [0.05, 0.1) is 18.2 Å². The number of aliphatic hydroxyl groups excluding tert-OH is 1. The zero-order chi connectivity index (χ0) is 20.4. The van der Waals surface area contributed by atoms with Gasteiger partial charge in [0.1, 0.15) is 11.6 Å². The lowest BCUT2D eigenvalue weighted by Crippen LogP contribution is -2.47. The number of nitrogens with two attached hydrogens (primary N) is 1. The van der Waals surface area contributed by atoms with Gasteiger partial charge in [-0.3, -0.25) is 0 Å². The van der Waals surface area contributed by atoms with Crippen molar-refractivity contribution < 1.29 is 18.6 Å². The van der Waals surface area contributed by atoms with E-state index in [1.165, 1.54) is 17.7 Å². The topological polar surface area (TPSA) is 67.5 Å². The molecule has 0 aromatic heterocycles. The Kier molecular flexibility index (Phi) is 5.84. The molecule has 0 radical (unpaired) electrons. The van der Waals surface area contributed by atoms with Crippen LogP contribution < -0.4 is 11.1 Å². The highest BCUT2D eigenvalue weighted by atomic mass is 19.1. The summed E-state index contributed by atoms with van der Waals surface area (Å²) in [5.74, 6) is -0.881. The number of hydrogen-bond donors (Lipinski definition) is 3. The van der Waals surface area contributed by atoms with Crippen molar-refractivity contribution in [2.24, 2.45) is 11.7 Å². The Bertz CT molecular complexity index is 883. The van der Waals surface area contributed by atoms with Gasteiger partial charge in [-0.25, -0.2) is 8.78 Å². The van der Waals surface area contributed by atoms with E-state index in [9.17, 15) is 13.9 Å². The maximum Gasteiger partial charge on any atom is 0.126 e. The average Bonchev–Trinajstić information content (AvgIpc) is 3.28. The van der Waals surface area contributed by atoms with Gasteiger partial charge in [0.25, 0.3) is 0 Å². The van der Waals surface area contributed by atoms with Gasteiger partial charge in [-0.15, -0.1) is 0 Å². The number of hydrogen-bond acceptors (Lipinski definition) is 4. The van der Waals surface area contributed by atoms with E-state index in [2.05, 4.69) is 22.9 Å². The Morgan fingerprint density at radius 3 is 2.69 bits per heavy atom. The molecule has 3 atom stereocenters. The zero-order valence-corrected chi connectivity index (χ0v) is 16.3. The average molecular weight is 400 g/mol. The molecule has 2 aliphatic carbocycles. The lowest BCUT2D eigenvalue weighted by Gasteiger charge is -2.24. The summed E-state index contributed by atoms with van der Waals surface area (Å²) in [4.78, 5) is 0. The van der Waals surface area contributed by atoms with Gasteiger partial charge in [-0.1, -0.05) is 11.5 Å². The third kappa shape index (κ3) is 4.76. The molecule has 4 rings (SSSR count). The van der Waals surface area contributed by atoms with Gasteiger partial charge in [-0.05, 0) is 61.1 Å². The zero-order valence-electron chi connectivity index (χ0n) is 16.3. The van der Waals surface area contributed by atoms with Crippen LogP contribution in [0.3, 0.4) is 0 Å². The number of benzene rings is 1. The van der Waals surface area contributed by atoms with E-state index in [1.807, 2.05) is 6.08 Å². The molecule has 2 fully saturated rings. The van der Waals surface area contributed by atoms with Crippen molar-refractivity contribution in [2.45, 2.75) is 43.4 Å². The van der Waals surface area contributed by atoms with E-state index in [0.29, 0.717) is 18.0 Å². The Morgan fingerprint density at radius 1 is 1.28 bits per heavy atom. The van der Waals surface area contributed by atoms with Crippen LogP contribution in [0.2, 0.25) is 0 Å². The Morgan fingerprint density at radius 2 is 2.03 bits per heavy atom. The minimum atomic E-state index is -0.839. The van der Waals surface area contributed by atoms with Crippen LogP contribution in [-0.4, -0.2) is 42.5 Å². The largest absolute Gasteiger partial charge is 0.390 e. The minimum absolute atomic E-state index is 0.196. The van der Waals surface area contributed by atoms with E-state index >= 15 is 0 Å². The second-order valence-corrected chi connectivity index (χ2v) is 8.21. The molecule has 4 N–H and O–H groups in total. The van der Waals surface area contributed by atoms with Crippen LogP contribution in [0, 0.1) is 17.6 Å². The standard InChI is InChI=1S/C23H26F2N2O2/c24-19-8-15(9-20(25)12-19)10-21(26)22(28)13-27-23(5-6-23)18-3-1-2-16(11-18)17-4-7-29-14-17/h2,8-9,11-12,17,21-22,27-28H,4-7,10,13-14,26H2. The summed E-state index contributed by atoms with van der Waals surface area (Å²) >= 11 is 0. The SMILES string of the molecule is NC(Cc1cc(F)cc(F)c1)C(O)CNC1(C2=C=C=CC(C3CCOC3)=C2)CC1. The molecular formula is C23H26F2N2O2. The summed E-state index contributed by atoms with van der Waals surface area (Å²) in [5.41, 5.74) is 14.9. The highest BCUT2D eigenvalue weighted by Gasteiger charge is 2.46. The van der Waals surface area contributed by atoms with Crippen molar-refractivity contribution in [3.8, 4) is 0 Å². The highest BCUT2D eigenvalue weighted by molar-refractivity contribution is 5.44. The van der Waals surface area contributed by atoms with Crippen LogP contribution in [-0.2, 0) is 11.2 Å². The maximum absolute atomic E-state index is 13.4. The van der Waals surface area contributed by atoms with Crippen LogP contribution >= 0.6 is 0 Å². The number of ether oxygens (including phenoxy) is 1. The number of aliphatic hydroxyl groups is 1. The Hall–Kier alpha value is -2.04. The Labute approximate surface area is 169 Å². The molecule has 0 amide bonds. The number of halogens is 2. The second kappa shape index (κ2) is 8.37. The van der Waals surface area contributed by atoms with Gasteiger partial charge >= 0.3 is 0 Å². The van der Waals surface area contributed by atoms with Crippen molar-refractivity contribution in [1.82, 2.24) is 5.32 Å². The maximum atomic E-state index is 13.4. The first-order valence-electron chi connectivity index (χ1n) is 10.1. The predicted molar refractivity (Wildman–Crippen MR) is 106 cm³/mol. The molecule has 0 bridgehead atoms. The third-order valence-electron chi connectivity index (χ3n) is 5.96. The van der Waals surface area contributed by atoms with Crippen molar-refractivity contribution in [3.05, 3.63) is 70.2 Å². The number of allylic oxidation sites excluding steroid dienone is 1. The summed E-state index contributed by atoms with van der Waals surface area (Å²) in [6.45, 7) is 1.83. The number of nitrogens with one attached hydrogen (secondary N) is 1. The molecule has 1 heterocycles. The molecule has 29 heavy (non-hydrogen) atoms. The van der Waals surface area contributed by atoms with E-state index < -0.39 is 23.8 Å². The summed E-state index contributed by atoms with van der Waals surface area (Å²) in [6.07, 6.45) is 6.43. The second-order valence-electron chi connectivity index (χ2n) is 8.21. The van der Waals surface area contributed by atoms with Gasteiger partial charge < -0.3 is 20.9 Å². The minimum Gasteiger partial charge on any atom is -0.390 e. The van der Waals surface area contributed by atoms with Crippen molar-refractivity contribution >= 4 is 0 Å². The molecule has 154 valence electrons. The monoisotopic (exact) mass is 400 g/mol. The van der Waals surface area contributed by atoms with Crippen molar-refractivity contribution in [1.29, 1.82) is 0 Å². The van der Waals surface area contributed by atoms with E-state index in [0.717, 1.165) is 44.1 Å². The van der Waals surface area contributed by atoms with Crippen LogP contribution in [0.4, 0.5) is 8.78 Å². The van der Waals surface area contributed by atoms with Crippen LogP contribution in [0.5, 0.6) is 0 Å². The molecule has 1 aliphatic heterocycles. The first-order chi connectivity index (χ1) is 13.9. The van der Waals surface area contributed by atoms with Gasteiger partial charge in [0.2, 0.25) is 0 Å². The molecule has 1 aromatic carbocycles. The quantitative estimate of drug-likeness (QED) is 0.587. The first kappa shape index (κ1) is 20.2. The lowest BCUT2D eigenvalue weighted by atomic mass is 9.91. The van der Waals surface area contributed by atoms with Crippen LogP contribution in [0.25, 0.3) is 0 Å². The van der Waals surface area contributed by atoms with Gasteiger partial charge in [0.15, 0.2) is 0 Å². The first-order valence-corrected chi connectivity index (χ1v) is 10.1. The molecule has 1 saturated heterocycles.